The molecule has 3 unspecified atom stereocenters. The fraction of sp³-hybridized carbons (Fsp3) is 0.917. The van der Waals surface area contributed by atoms with Crippen molar-refractivity contribution in [3.63, 3.8) is 0 Å². The van der Waals surface area contributed by atoms with Crippen molar-refractivity contribution < 1.29 is 9.63 Å². The van der Waals surface area contributed by atoms with Crippen LogP contribution in [0.1, 0.15) is 33.6 Å². The van der Waals surface area contributed by atoms with Crippen LogP contribution in [0.5, 0.6) is 0 Å². The minimum atomic E-state index is 0.132. The Kier molecular flexibility index (Phi) is 4.14. The summed E-state index contributed by atoms with van der Waals surface area (Å²) in [6.07, 6.45) is 2.03. The van der Waals surface area contributed by atoms with E-state index in [-0.39, 0.29) is 11.8 Å². The van der Waals surface area contributed by atoms with Gasteiger partial charge in [0.1, 0.15) is 0 Å². The lowest BCUT2D eigenvalue weighted by Crippen LogP contribution is -2.31. The van der Waals surface area contributed by atoms with E-state index in [1.54, 1.807) is 7.05 Å². The molecule has 1 rings (SSSR count). The number of hydrogen-bond acceptors (Lipinski definition) is 2. The first-order valence-electron chi connectivity index (χ1n) is 5.79. The van der Waals surface area contributed by atoms with Crippen molar-refractivity contribution in [1.82, 2.24) is 5.06 Å². The maximum Gasteiger partial charge on any atom is 0.248 e. The maximum atomic E-state index is 11.9. The van der Waals surface area contributed by atoms with E-state index >= 15 is 0 Å². The second kappa shape index (κ2) is 4.97. The van der Waals surface area contributed by atoms with Crippen LogP contribution in [0.3, 0.4) is 0 Å². The van der Waals surface area contributed by atoms with Gasteiger partial charge < -0.3 is 0 Å². The summed E-state index contributed by atoms with van der Waals surface area (Å²) in [6.45, 7) is 6.74. The number of carbonyl (C=O) groups excluding carboxylic acids is 1. The number of rotatable bonds is 3. The molecule has 0 bridgehead atoms. The second-order valence-corrected chi connectivity index (χ2v) is 5.07. The van der Waals surface area contributed by atoms with Crippen LogP contribution in [-0.4, -0.2) is 25.1 Å². The number of nitrogens with zero attached hydrogens (tertiary/aromatic N) is 1. The Bertz CT molecular complexity index is 228. The van der Waals surface area contributed by atoms with Gasteiger partial charge in [-0.05, 0) is 30.6 Å². The summed E-state index contributed by atoms with van der Waals surface area (Å²) in [5.74, 6) is 2.31. The molecule has 0 N–H and O–H groups in total. The van der Waals surface area contributed by atoms with Gasteiger partial charge in [0.2, 0.25) is 5.91 Å². The third-order valence-corrected chi connectivity index (χ3v) is 3.73. The number of carbonyl (C=O) groups is 1. The Morgan fingerprint density at radius 3 is 2.40 bits per heavy atom. The lowest BCUT2D eigenvalue weighted by Gasteiger charge is -2.19. The fourth-order valence-corrected chi connectivity index (χ4v) is 2.76. The predicted octanol–water partition coefficient (Wildman–Crippen LogP) is 2.32. The number of hydrogen-bond donors (Lipinski definition) is 0. The molecule has 1 saturated carbocycles. The van der Waals surface area contributed by atoms with Crippen LogP contribution in [-0.2, 0) is 9.63 Å². The predicted molar refractivity (Wildman–Crippen MR) is 60.0 cm³/mol. The van der Waals surface area contributed by atoms with Crippen molar-refractivity contribution >= 4 is 5.91 Å². The molecule has 1 aliphatic carbocycles. The summed E-state index contributed by atoms with van der Waals surface area (Å²) in [5.41, 5.74) is 0. The van der Waals surface area contributed by atoms with Gasteiger partial charge in [-0.2, -0.15) is 0 Å². The van der Waals surface area contributed by atoms with E-state index in [9.17, 15) is 4.79 Å². The molecule has 0 heterocycles. The summed E-state index contributed by atoms with van der Waals surface area (Å²) in [6, 6.07) is 0. The molecule has 3 heteroatoms. The van der Waals surface area contributed by atoms with Crippen LogP contribution in [0.15, 0.2) is 0 Å². The van der Waals surface area contributed by atoms with Crippen molar-refractivity contribution in [2.24, 2.45) is 23.7 Å². The highest BCUT2D eigenvalue weighted by Gasteiger charge is 2.37. The van der Waals surface area contributed by atoms with E-state index in [4.69, 9.17) is 4.84 Å². The van der Waals surface area contributed by atoms with Gasteiger partial charge in [-0.3, -0.25) is 9.63 Å². The molecule has 1 fully saturated rings. The van der Waals surface area contributed by atoms with Crippen LogP contribution in [0.4, 0.5) is 0 Å². The average molecular weight is 213 g/mol. The van der Waals surface area contributed by atoms with Crippen molar-refractivity contribution in [1.29, 1.82) is 0 Å². The zero-order chi connectivity index (χ0) is 11.6. The fourth-order valence-electron chi connectivity index (χ4n) is 2.76. The standard InChI is InChI=1S/C12H23NO2/c1-8(2)11-7-10(6-9(11)3)12(14)13(4)15-5/h8-11H,6-7H2,1-5H3. The first kappa shape index (κ1) is 12.5. The molecule has 0 radical (unpaired) electrons. The van der Waals surface area contributed by atoms with E-state index in [0.717, 1.165) is 12.8 Å². The van der Waals surface area contributed by atoms with E-state index in [1.807, 2.05) is 0 Å². The summed E-state index contributed by atoms with van der Waals surface area (Å²) in [5, 5.41) is 1.36. The molecule has 88 valence electrons. The molecule has 1 amide bonds. The minimum absolute atomic E-state index is 0.132. The molecular weight excluding hydrogens is 190 g/mol. The van der Waals surface area contributed by atoms with Crippen LogP contribution < -0.4 is 0 Å². The first-order valence-corrected chi connectivity index (χ1v) is 5.79. The van der Waals surface area contributed by atoms with Crippen LogP contribution in [0.25, 0.3) is 0 Å². The van der Waals surface area contributed by atoms with Crippen molar-refractivity contribution in [2.45, 2.75) is 33.6 Å². The van der Waals surface area contributed by atoms with Crippen LogP contribution >= 0.6 is 0 Å². The maximum absolute atomic E-state index is 11.9. The molecule has 0 aromatic carbocycles. The Labute approximate surface area is 92.7 Å². The molecule has 0 aromatic heterocycles. The number of amides is 1. The Hall–Kier alpha value is -0.570. The summed E-state index contributed by atoms with van der Waals surface area (Å²) in [7, 11) is 3.23. The zero-order valence-electron chi connectivity index (χ0n) is 10.5. The highest BCUT2D eigenvalue weighted by Crippen LogP contribution is 2.40. The van der Waals surface area contributed by atoms with Gasteiger partial charge in [-0.15, -0.1) is 0 Å². The molecule has 1 aliphatic rings. The molecule has 0 aliphatic heterocycles. The molecule has 0 aromatic rings. The molecule has 0 spiro atoms. The number of hydroxylamine groups is 2. The summed E-state index contributed by atoms with van der Waals surface area (Å²) in [4.78, 5) is 16.8. The minimum Gasteiger partial charge on any atom is -0.275 e. The van der Waals surface area contributed by atoms with E-state index < -0.39 is 0 Å². The van der Waals surface area contributed by atoms with Gasteiger partial charge in [-0.25, -0.2) is 5.06 Å². The van der Waals surface area contributed by atoms with Crippen LogP contribution in [0.2, 0.25) is 0 Å². The molecule has 15 heavy (non-hydrogen) atoms. The monoisotopic (exact) mass is 213 g/mol. The Balaban J connectivity index is 2.58. The smallest absolute Gasteiger partial charge is 0.248 e. The highest BCUT2D eigenvalue weighted by molar-refractivity contribution is 5.77. The third-order valence-electron chi connectivity index (χ3n) is 3.73. The highest BCUT2D eigenvalue weighted by atomic mass is 16.7. The van der Waals surface area contributed by atoms with E-state index in [1.165, 1.54) is 12.2 Å². The molecule has 3 atom stereocenters. The van der Waals surface area contributed by atoms with Crippen molar-refractivity contribution in [2.75, 3.05) is 14.2 Å². The van der Waals surface area contributed by atoms with Gasteiger partial charge >= 0.3 is 0 Å². The lowest BCUT2D eigenvalue weighted by atomic mass is 9.87. The van der Waals surface area contributed by atoms with Gasteiger partial charge in [-0.1, -0.05) is 20.8 Å². The zero-order valence-corrected chi connectivity index (χ0v) is 10.5. The van der Waals surface area contributed by atoms with Crippen molar-refractivity contribution in [3.8, 4) is 0 Å². The molecule has 0 saturated heterocycles. The average Bonchev–Trinajstić information content (AvgIpc) is 2.58. The Morgan fingerprint density at radius 1 is 1.40 bits per heavy atom. The third kappa shape index (κ3) is 2.71. The largest absolute Gasteiger partial charge is 0.275 e. The van der Waals surface area contributed by atoms with Gasteiger partial charge in [0.15, 0.2) is 0 Å². The quantitative estimate of drug-likeness (QED) is 0.673. The van der Waals surface area contributed by atoms with Crippen molar-refractivity contribution in [3.05, 3.63) is 0 Å². The normalized spacial score (nSPS) is 30.9. The van der Waals surface area contributed by atoms with E-state index in [0.29, 0.717) is 17.8 Å². The SMILES string of the molecule is CON(C)C(=O)C1CC(C)C(C(C)C)C1. The summed E-state index contributed by atoms with van der Waals surface area (Å²) >= 11 is 0. The van der Waals surface area contributed by atoms with E-state index in [2.05, 4.69) is 20.8 Å². The van der Waals surface area contributed by atoms with Gasteiger partial charge in [0.25, 0.3) is 0 Å². The Morgan fingerprint density at radius 2 is 2.00 bits per heavy atom. The van der Waals surface area contributed by atoms with Gasteiger partial charge in [0.05, 0.1) is 7.11 Å². The lowest BCUT2D eigenvalue weighted by molar-refractivity contribution is -0.173. The van der Waals surface area contributed by atoms with Gasteiger partial charge in [0, 0.05) is 13.0 Å². The topological polar surface area (TPSA) is 29.5 Å². The molecular formula is C12H23NO2. The molecule has 3 nitrogen and oxygen atoms in total. The van der Waals surface area contributed by atoms with Crippen LogP contribution in [0, 0.1) is 23.7 Å². The summed E-state index contributed by atoms with van der Waals surface area (Å²) < 4.78 is 0. The second-order valence-electron chi connectivity index (χ2n) is 5.07. The first-order chi connectivity index (χ1) is 6.97.